The molecule has 0 fully saturated rings. The number of benzene rings is 1. The van der Waals surface area contributed by atoms with E-state index >= 15 is 0 Å². The number of nitrogens with one attached hydrogen (secondary N) is 2. The summed E-state index contributed by atoms with van der Waals surface area (Å²) in [6.07, 6.45) is 0.554. The third kappa shape index (κ3) is 4.40. The second kappa shape index (κ2) is 6.54. The van der Waals surface area contributed by atoms with Crippen molar-refractivity contribution in [2.24, 2.45) is 0 Å². The lowest BCUT2D eigenvalue weighted by molar-refractivity contribution is -0.123. The van der Waals surface area contributed by atoms with Crippen LogP contribution >= 0.6 is 11.6 Å². The molecule has 0 saturated carbocycles. The van der Waals surface area contributed by atoms with Crippen LogP contribution in [-0.4, -0.2) is 32.0 Å². The highest BCUT2D eigenvalue weighted by atomic mass is 35.5. The lowest BCUT2D eigenvalue weighted by atomic mass is 10.1. The Kier molecular flexibility index (Phi) is 5.18. The minimum Gasteiger partial charge on any atom is -0.489 e. The molecule has 0 aromatic heterocycles. The first-order valence-electron chi connectivity index (χ1n) is 7.72. The maximum Gasteiger partial charge on any atom is 0.241 e. The van der Waals surface area contributed by atoms with Crippen molar-refractivity contribution >= 4 is 27.5 Å². The maximum absolute atomic E-state index is 12.6. The summed E-state index contributed by atoms with van der Waals surface area (Å²) >= 11 is 6.14. The van der Waals surface area contributed by atoms with Crippen LogP contribution in [0.25, 0.3) is 0 Å². The van der Waals surface area contributed by atoms with E-state index in [0.717, 1.165) is 5.56 Å². The molecule has 24 heavy (non-hydrogen) atoms. The largest absolute Gasteiger partial charge is 0.489 e. The standard InChI is InChI=1S/C16H23ClN2O4S/c1-9-6-11-7-12(8-13(17)14(11)23-9)24(21,22)19-10(2)15(20)18-16(3,4)5/h7-10,19H,6H2,1-5H3,(H,18,20). The van der Waals surface area contributed by atoms with Crippen LogP contribution in [0.1, 0.15) is 40.2 Å². The summed E-state index contributed by atoms with van der Waals surface area (Å²) in [7, 11) is -3.87. The molecule has 1 aliphatic heterocycles. The Hall–Kier alpha value is -1.31. The first-order valence-corrected chi connectivity index (χ1v) is 9.58. The van der Waals surface area contributed by atoms with Gasteiger partial charge >= 0.3 is 0 Å². The van der Waals surface area contributed by atoms with Crippen molar-refractivity contribution in [3.63, 3.8) is 0 Å². The summed E-state index contributed by atoms with van der Waals surface area (Å²) in [5.74, 6) is 0.136. The third-order valence-corrected chi connectivity index (χ3v) is 5.26. The van der Waals surface area contributed by atoms with Gasteiger partial charge in [0, 0.05) is 17.5 Å². The van der Waals surface area contributed by atoms with E-state index in [1.54, 1.807) is 6.07 Å². The summed E-state index contributed by atoms with van der Waals surface area (Å²) in [5.41, 5.74) is 0.309. The van der Waals surface area contributed by atoms with E-state index in [-0.39, 0.29) is 16.0 Å². The molecule has 1 aromatic rings. The van der Waals surface area contributed by atoms with Gasteiger partial charge in [-0.2, -0.15) is 4.72 Å². The molecule has 1 aliphatic rings. The van der Waals surface area contributed by atoms with Crippen LogP contribution in [0, 0.1) is 0 Å². The highest BCUT2D eigenvalue weighted by Crippen LogP contribution is 2.37. The molecule has 0 saturated heterocycles. The first-order chi connectivity index (χ1) is 10.9. The molecule has 2 unspecified atom stereocenters. The molecule has 1 aromatic carbocycles. The Labute approximate surface area is 148 Å². The predicted octanol–water partition coefficient (Wildman–Crippen LogP) is 2.24. The number of fused-ring (bicyclic) bond motifs is 1. The van der Waals surface area contributed by atoms with Crippen molar-refractivity contribution in [1.29, 1.82) is 0 Å². The van der Waals surface area contributed by atoms with Crippen LogP contribution in [0.3, 0.4) is 0 Å². The zero-order valence-corrected chi connectivity index (χ0v) is 16.0. The number of amides is 1. The molecular weight excluding hydrogens is 352 g/mol. The van der Waals surface area contributed by atoms with E-state index in [1.807, 2.05) is 27.7 Å². The lowest BCUT2D eigenvalue weighted by Crippen LogP contribution is -2.50. The van der Waals surface area contributed by atoms with E-state index in [2.05, 4.69) is 10.0 Å². The second-order valence-electron chi connectivity index (χ2n) is 7.11. The first kappa shape index (κ1) is 19.0. The minimum absolute atomic E-state index is 0.0272. The van der Waals surface area contributed by atoms with Crippen molar-refractivity contribution in [2.75, 3.05) is 0 Å². The molecule has 1 amide bonds. The number of sulfonamides is 1. The van der Waals surface area contributed by atoms with Gasteiger partial charge in [-0.3, -0.25) is 4.79 Å². The number of hydrogen-bond donors (Lipinski definition) is 2. The van der Waals surface area contributed by atoms with Crippen LogP contribution in [0.5, 0.6) is 5.75 Å². The fraction of sp³-hybridized carbons (Fsp3) is 0.562. The number of rotatable bonds is 4. The minimum atomic E-state index is -3.87. The summed E-state index contributed by atoms with van der Waals surface area (Å²) in [4.78, 5) is 12.1. The molecule has 2 N–H and O–H groups in total. The third-order valence-electron chi connectivity index (χ3n) is 3.45. The van der Waals surface area contributed by atoms with Gasteiger partial charge in [-0.25, -0.2) is 8.42 Å². The van der Waals surface area contributed by atoms with Crippen LogP contribution in [0.15, 0.2) is 17.0 Å². The SMILES string of the molecule is CC1Cc2cc(S(=O)(=O)NC(C)C(=O)NC(C)(C)C)cc(Cl)c2O1. The van der Waals surface area contributed by atoms with Crippen molar-refractivity contribution in [3.05, 3.63) is 22.7 Å². The predicted molar refractivity (Wildman–Crippen MR) is 92.9 cm³/mol. The van der Waals surface area contributed by atoms with Crippen molar-refractivity contribution in [3.8, 4) is 5.75 Å². The van der Waals surface area contributed by atoms with E-state index in [0.29, 0.717) is 12.2 Å². The molecule has 1 heterocycles. The molecular formula is C16H23ClN2O4S. The fourth-order valence-corrected chi connectivity index (χ4v) is 4.07. The average molecular weight is 375 g/mol. The van der Waals surface area contributed by atoms with Gasteiger partial charge in [-0.15, -0.1) is 0 Å². The monoisotopic (exact) mass is 374 g/mol. The van der Waals surface area contributed by atoms with Crippen molar-refractivity contribution < 1.29 is 17.9 Å². The Morgan fingerprint density at radius 3 is 2.58 bits per heavy atom. The molecule has 6 nitrogen and oxygen atoms in total. The molecule has 0 aliphatic carbocycles. The lowest BCUT2D eigenvalue weighted by Gasteiger charge is -2.23. The van der Waals surface area contributed by atoms with E-state index in [9.17, 15) is 13.2 Å². The number of carbonyl (C=O) groups excluding carboxylic acids is 1. The van der Waals surface area contributed by atoms with Gasteiger partial charge in [0.2, 0.25) is 15.9 Å². The van der Waals surface area contributed by atoms with Crippen LogP contribution in [0.4, 0.5) is 0 Å². The molecule has 8 heteroatoms. The Balaban J connectivity index is 2.21. The fourth-order valence-electron chi connectivity index (χ4n) is 2.45. The van der Waals surface area contributed by atoms with Gasteiger partial charge in [0.1, 0.15) is 11.9 Å². The molecule has 134 valence electrons. The van der Waals surface area contributed by atoms with E-state index < -0.39 is 27.5 Å². The number of carbonyl (C=O) groups is 1. The van der Waals surface area contributed by atoms with Gasteiger partial charge < -0.3 is 10.1 Å². The Bertz CT molecular complexity index is 756. The zero-order valence-electron chi connectivity index (χ0n) is 14.4. The normalized spacial score (nSPS) is 18.7. The Morgan fingerprint density at radius 1 is 1.38 bits per heavy atom. The maximum atomic E-state index is 12.6. The Morgan fingerprint density at radius 2 is 2.00 bits per heavy atom. The molecule has 0 radical (unpaired) electrons. The topological polar surface area (TPSA) is 84.5 Å². The molecule has 0 bridgehead atoms. The smallest absolute Gasteiger partial charge is 0.241 e. The number of ether oxygens (including phenoxy) is 1. The summed E-state index contributed by atoms with van der Waals surface area (Å²) < 4.78 is 33.1. The molecule has 2 atom stereocenters. The van der Waals surface area contributed by atoms with Gasteiger partial charge in [0.05, 0.1) is 16.0 Å². The zero-order chi connectivity index (χ0) is 18.3. The average Bonchev–Trinajstić information content (AvgIpc) is 2.77. The van der Waals surface area contributed by atoms with Crippen LogP contribution in [0.2, 0.25) is 5.02 Å². The van der Waals surface area contributed by atoms with Gasteiger partial charge in [0.25, 0.3) is 0 Å². The highest BCUT2D eigenvalue weighted by Gasteiger charge is 2.28. The van der Waals surface area contributed by atoms with Crippen molar-refractivity contribution in [1.82, 2.24) is 10.0 Å². The summed E-state index contributed by atoms with van der Waals surface area (Å²) in [6.45, 7) is 8.87. The number of hydrogen-bond acceptors (Lipinski definition) is 4. The highest BCUT2D eigenvalue weighted by molar-refractivity contribution is 7.89. The van der Waals surface area contributed by atoms with E-state index in [1.165, 1.54) is 13.0 Å². The summed E-state index contributed by atoms with van der Waals surface area (Å²) in [5, 5.41) is 2.99. The molecule has 0 spiro atoms. The van der Waals surface area contributed by atoms with Gasteiger partial charge in [0.15, 0.2) is 0 Å². The van der Waals surface area contributed by atoms with Gasteiger partial charge in [-0.05, 0) is 46.8 Å². The second-order valence-corrected chi connectivity index (χ2v) is 9.23. The van der Waals surface area contributed by atoms with Gasteiger partial charge in [-0.1, -0.05) is 11.6 Å². The van der Waals surface area contributed by atoms with E-state index in [4.69, 9.17) is 16.3 Å². The van der Waals surface area contributed by atoms with Crippen molar-refractivity contribution in [2.45, 2.75) is 63.6 Å². The number of halogens is 1. The van der Waals surface area contributed by atoms with Crippen LogP contribution < -0.4 is 14.8 Å². The quantitative estimate of drug-likeness (QED) is 0.846. The van der Waals surface area contributed by atoms with Crippen LogP contribution in [-0.2, 0) is 21.2 Å². The summed E-state index contributed by atoms with van der Waals surface area (Å²) in [6, 6.07) is 1.98. The molecule has 2 rings (SSSR count).